The van der Waals surface area contributed by atoms with Gasteiger partial charge in [-0.05, 0) is 20.8 Å². The van der Waals surface area contributed by atoms with Crippen LogP contribution in [-0.2, 0) is 6.54 Å². The predicted molar refractivity (Wildman–Crippen MR) is 66.8 cm³/mol. The summed E-state index contributed by atoms with van der Waals surface area (Å²) >= 11 is 3.33. The molecular weight excluding hydrogens is 240 g/mol. The first-order valence-electron chi connectivity index (χ1n) is 5.09. The molecule has 0 aromatic carbocycles. The molecule has 0 radical (unpaired) electrons. The van der Waals surface area contributed by atoms with E-state index in [1.807, 2.05) is 19.4 Å². The highest BCUT2D eigenvalue weighted by Gasteiger charge is 2.11. The molecule has 6 heteroatoms. The monoisotopic (exact) mass is 254 g/mol. The van der Waals surface area contributed by atoms with Gasteiger partial charge in [-0.1, -0.05) is 0 Å². The van der Waals surface area contributed by atoms with E-state index in [0.29, 0.717) is 6.04 Å². The Kier molecular flexibility index (Phi) is 3.63. The maximum Gasteiger partial charge on any atom is 0.131 e. The van der Waals surface area contributed by atoms with Crippen LogP contribution in [-0.4, -0.2) is 15.2 Å². The molecule has 0 aliphatic heterocycles. The van der Waals surface area contributed by atoms with Gasteiger partial charge in [-0.15, -0.1) is 32.9 Å². The van der Waals surface area contributed by atoms with Crippen molar-refractivity contribution < 1.29 is 0 Å². The summed E-state index contributed by atoms with van der Waals surface area (Å²) < 4.78 is 0. The zero-order valence-electron chi connectivity index (χ0n) is 9.52. The molecule has 2 heterocycles. The largest absolute Gasteiger partial charge is 0.303 e. The molecule has 16 heavy (non-hydrogen) atoms. The van der Waals surface area contributed by atoms with Gasteiger partial charge in [0.15, 0.2) is 0 Å². The van der Waals surface area contributed by atoms with Crippen molar-refractivity contribution >= 4 is 22.7 Å². The second-order valence-electron chi connectivity index (χ2n) is 3.62. The Bertz CT molecular complexity index is 463. The molecule has 4 nitrogen and oxygen atoms in total. The van der Waals surface area contributed by atoms with Gasteiger partial charge in [0.2, 0.25) is 0 Å². The number of rotatable bonds is 4. The summed E-state index contributed by atoms with van der Waals surface area (Å²) in [5.74, 6) is 0. The topological polar surface area (TPSA) is 50.7 Å². The molecule has 0 saturated heterocycles. The van der Waals surface area contributed by atoms with Crippen molar-refractivity contribution in [3.63, 3.8) is 0 Å². The van der Waals surface area contributed by atoms with E-state index in [9.17, 15) is 0 Å². The van der Waals surface area contributed by atoms with Crippen molar-refractivity contribution in [2.45, 2.75) is 33.4 Å². The number of nitrogens with zero attached hydrogens (tertiary/aromatic N) is 3. The smallest absolute Gasteiger partial charge is 0.131 e. The third kappa shape index (κ3) is 2.63. The molecule has 2 aromatic rings. The normalized spacial score (nSPS) is 12.9. The summed E-state index contributed by atoms with van der Waals surface area (Å²) in [4.78, 5) is 5.54. The lowest BCUT2D eigenvalue weighted by Gasteiger charge is -2.10. The fraction of sp³-hybridized carbons (Fsp3) is 0.500. The highest BCUT2D eigenvalue weighted by Crippen LogP contribution is 2.21. The van der Waals surface area contributed by atoms with Crippen LogP contribution in [0.1, 0.15) is 33.6 Å². The average molecular weight is 254 g/mol. The molecule has 1 unspecified atom stereocenters. The van der Waals surface area contributed by atoms with Crippen LogP contribution in [0.5, 0.6) is 0 Å². The van der Waals surface area contributed by atoms with Gasteiger partial charge >= 0.3 is 0 Å². The van der Waals surface area contributed by atoms with Crippen molar-refractivity contribution in [1.29, 1.82) is 0 Å². The second kappa shape index (κ2) is 4.99. The van der Waals surface area contributed by atoms with Crippen LogP contribution >= 0.6 is 22.7 Å². The molecule has 0 bridgehead atoms. The van der Waals surface area contributed by atoms with Crippen LogP contribution in [0.15, 0.2) is 5.51 Å². The van der Waals surface area contributed by atoms with Gasteiger partial charge in [-0.25, -0.2) is 4.98 Å². The lowest BCUT2D eigenvalue weighted by Crippen LogP contribution is -2.17. The molecular formula is C10H14N4S2. The highest BCUT2D eigenvalue weighted by molar-refractivity contribution is 7.11. The zero-order valence-corrected chi connectivity index (χ0v) is 11.2. The lowest BCUT2D eigenvalue weighted by molar-refractivity contribution is 0.575. The van der Waals surface area contributed by atoms with Crippen molar-refractivity contribution in [3.8, 4) is 0 Å². The van der Waals surface area contributed by atoms with E-state index in [0.717, 1.165) is 22.3 Å². The first-order valence-corrected chi connectivity index (χ1v) is 6.79. The molecule has 1 N–H and O–H groups in total. The van der Waals surface area contributed by atoms with E-state index < -0.39 is 0 Å². The fourth-order valence-electron chi connectivity index (χ4n) is 1.47. The van der Waals surface area contributed by atoms with Gasteiger partial charge in [0, 0.05) is 10.9 Å². The summed E-state index contributed by atoms with van der Waals surface area (Å²) in [6, 6.07) is 0.316. The molecule has 1 atom stereocenters. The van der Waals surface area contributed by atoms with Crippen LogP contribution in [0.3, 0.4) is 0 Å². The minimum absolute atomic E-state index is 0.316. The maximum absolute atomic E-state index is 4.25. The summed E-state index contributed by atoms with van der Waals surface area (Å²) in [6.45, 7) is 6.93. The summed E-state index contributed by atoms with van der Waals surface area (Å²) in [6.07, 6.45) is 0. The van der Waals surface area contributed by atoms with E-state index in [1.54, 1.807) is 22.7 Å². The summed E-state index contributed by atoms with van der Waals surface area (Å²) in [5, 5.41) is 13.6. The quantitative estimate of drug-likeness (QED) is 0.910. The third-order valence-corrected chi connectivity index (χ3v) is 4.26. The minimum Gasteiger partial charge on any atom is -0.303 e. The van der Waals surface area contributed by atoms with Crippen molar-refractivity contribution in [2.75, 3.05) is 0 Å². The average Bonchev–Trinajstić information content (AvgIpc) is 2.84. The number of aromatic nitrogens is 3. The minimum atomic E-state index is 0.316. The molecule has 0 aliphatic rings. The lowest BCUT2D eigenvalue weighted by atomic mass is 10.2. The molecule has 2 aromatic heterocycles. The Hall–Kier alpha value is -0.850. The summed E-state index contributed by atoms with van der Waals surface area (Å²) in [7, 11) is 0. The van der Waals surface area contributed by atoms with E-state index in [1.165, 1.54) is 4.88 Å². The van der Waals surface area contributed by atoms with E-state index in [2.05, 4.69) is 27.4 Å². The number of hydrogen-bond acceptors (Lipinski definition) is 6. The Balaban J connectivity index is 1.93. The first-order chi connectivity index (χ1) is 7.66. The predicted octanol–water partition coefficient (Wildman–Crippen LogP) is 2.46. The van der Waals surface area contributed by atoms with Crippen LogP contribution in [0.2, 0.25) is 0 Å². The van der Waals surface area contributed by atoms with E-state index in [-0.39, 0.29) is 0 Å². The first kappa shape index (κ1) is 11.6. The molecule has 0 spiro atoms. The molecule has 0 aliphatic carbocycles. The van der Waals surface area contributed by atoms with Crippen LogP contribution in [0.25, 0.3) is 0 Å². The number of nitrogens with one attached hydrogen (secondary N) is 1. The van der Waals surface area contributed by atoms with Gasteiger partial charge in [0.05, 0.1) is 17.7 Å². The Morgan fingerprint density at radius 1 is 1.38 bits per heavy atom. The Morgan fingerprint density at radius 3 is 2.75 bits per heavy atom. The Morgan fingerprint density at radius 2 is 2.19 bits per heavy atom. The van der Waals surface area contributed by atoms with Crippen LogP contribution in [0, 0.1) is 13.8 Å². The van der Waals surface area contributed by atoms with Crippen LogP contribution < -0.4 is 5.32 Å². The number of thiazole rings is 1. The fourth-order valence-corrected chi connectivity index (χ4v) is 2.96. The summed E-state index contributed by atoms with van der Waals surface area (Å²) in [5.41, 5.74) is 3.00. The highest BCUT2D eigenvalue weighted by atomic mass is 32.1. The number of hydrogen-bond donors (Lipinski definition) is 1. The number of aryl methyl sites for hydroxylation is 2. The Labute approximate surface area is 103 Å². The SMILES string of the molecule is Cc1nnc(CNC(C)c2scnc2C)s1. The third-order valence-electron chi connectivity index (χ3n) is 2.30. The van der Waals surface area contributed by atoms with Gasteiger partial charge in [-0.2, -0.15) is 0 Å². The second-order valence-corrected chi connectivity index (χ2v) is 5.77. The van der Waals surface area contributed by atoms with E-state index in [4.69, 9.17) is 0 Å². The van der Waals surface area contributed by atoms with Crippen LogP contribution in [0.4, 0.5) is 0 Å². The van der Waals surface area contributed by atoms with E-state index >= 15 is 0 Å². The molecule has 0 saturated carbocycles. The standard InChI is InChI=1S/C10H14N4S2/c1-6(10-7(2)12-5-15-10)11-4-9-14-13-8(3)16-9/h5-6,11H,4H2,1-3H3. The van der Waals surface area contributed by atoms with Crippen molar-refractivity contribution in [2.24, 2.45) is 0 Å². The van der Waals surface area contributed by atoms with Crippen molar-refractivity contribution in [3.05, 3.63) is 26.1 Å². The van der Waals surface area contributed by atoms with Gasteiger partial charge in [0.25, 0.3) is 0 Å². The van der Waals surface area contributed by atoms with Gasteiger partial charge in [0.1, 0.15) is 10.0 Å². The molecule has 2 rings (SSSR count). The van der Waals surface area contributed by atoms with Gasteiger partial charge < -0.3 is 5.32 Å². The molecule has 0 fully saturated rings. The maximum atomic E-state index is 4.25. The van der Waals surface area contributed by atoms with Gasteiger partial charge in [-0.3, -0.25) is 0 Å². The zero-order chi connectivity index (χ0) is 11.5. The van der Waals surface area contributed by atoms with Crippen molar-refractivity contribution in [1.82, 2.24) is 20.5 Å². The molecule has 86 valence electrons. The molecule has 0 amide bonds.